The van der Waals surface area contributed by atoms with Crippen LogP contribution in [0.1, 0.15) is 53.5 Å². The molecule has 2 atom stereocenters. The molecule has 1 aromatic carbocycles. The molecule has 34 heavy (non-hydrogen) atoms. The van der Waals surface area contributed by atoms with Crippen molar-refractivity contribution in [1.29, 1.82) is 0 Å². The number of nitrogens with zero attached hydrogens (tertiary/aromatic N) is 1. The maximum atomic E-state index is 12.8. The highest BCUT2D eigenvalue weighted by molar-refractivity contribution is 5.94. The fourth-order valence-corrected chi connectivity index (χ4v) is 3.75. The van der Waals surface area contributed by atoms with Crippen LogP contribution in [0.4, 0.5) is 9.59 Å². The molecule has 0 saturated carbocycles. The molecule has 0 unspecified atom stereocenters. The van der Waals surface area contributed by atoms with Gasteiger partial charge in [-0.3, -0.25) is 4.57 Å². The van der Waals surface area contributed by atoms with Crippen LogP contribution in [-0.2, 0) is 30.2 Å². The lowest BCUT2D eigenvalue weighted by molar-refractivity contribution is -0.169. The zero-order chi connectivity index (χ0) is 25.5. The molecule has 1 saturated heterocycles. The summed E-state index contributed by atoms with van der Waals surface area (Å²) in [7, 11) is 0. The van der Waals surface area contributed by atoms with Crippen molar-refractivity contribution in [2.75, 3.05) is 0 Å². The van der Waals surface area contributed by atoms with E-state index in [0.717, 1.165) is 0 Å². The number of aromatic nitrogens is 1. The van der Waals surface area contributed by atoms with Crippen LogP contribution in [0.2, 0.25) is 0 Å². The number of esters is 1. The summed E-state index contributed by atoms with van der Waals surface area (Å²) >= 11 is 0. The summed E-state index contributed by atoms with van der Waals surface area (Å²) in [5.41, 5.74) is -2.44. The Morgan fingerprint density at radius 3 is 2.32 bits per heavy atom. The van der Waals surface area contributed by atoms with Gasteiger partial charge in [-0.2, -0.15) is 0 Å². The molecule has 0 bridgehead atoms. The van der Waals surface area contributed by atoms with Gasteiger partial charge in [0.1, 0.15) is 17.2 Å². The molecule has 184 valence electrons. The van der Waals surface area contributed by atoms with Gasteiger partial charge in [-0.1, -0.05) is 18.2 Å². The lowest BCUT2D eigenvalue weighted by Gasteiger charge is -2.23. The normalized spacial score (nSPS) is 20.6. The average molecular weight is 475 g/mol. The molecule has 1 aromatic heterocycles. The van der Waals surface area contributed by atoms with E-state index in [9.17, 15) is 24.3 Å². The largest absolute Gasteiger partial charge is 0.478 e. The highest BCUT2D eigenvalue weighted by Gasteiger charge is 2.53. The Kier molecular flexibility index (Phi) is 6.38. The molecule has 3 rings (SSSR count). The number of para-hydroxylation sites is 1. The quantitative estimate of drug-likeness (QED) is 0.507. The number of carboxylic acid groups (broad SMARTS) is 1. The number of hydrogen-bond acceptors (Lipinski definition) is 7. The minimum Gasteiger partial charge on any atom is -0.478 e. The zero-order valence-electron chi connectivity index (χ0n) is 20.1. The topological polar surface area (TPSA) is 133 Å². The molecule has 1 fully saturated rings. The van der Waals surface area contributed by atoms with E-state index in [1.165, 1.54) is 10.8 Å². The molecule has 10 heteroatoms. The van der Waals surface area contributed by atoms with Crippen molar-refractivity contribution >= 4 is 35.0 Å². The first-order valence-electron chi connectivity index (χ1n) is 10.9. The van der Waals surface area contributed by atoms with Crippen molar-refractivity contribution in [3.8, 4) is 0 Å². The van der Waals surface area contributed by atoms with Crippen LogP contribution >= 0.6 is 0 Å². The smallest absolute Gasteiger partial charge is 0.419 e. The maximum absolute atomic E-state index is 12.8. The maximum Gasteiger partial charge on any atom is 0.419 e. The zero-order valence-corrected chi connectivity index (χ0v) is 20.1. The van der Waals surface area contributed by atoms with Gasteiger partial charge in [0, 0.05) is 24.4 Å². The third-order valence-electron chi connectivity index (χ3n) is 5.06. The molecule has 1 aliphatic rings. The van der Waals surface area contributed by atoms with E-state index >= 15 is 0 Å². The molecule has 2 heterocycles. The highest BCUT2D eigenvalue weighted by Crippen LogP contribution is 2.34. The van der Waals surface area contributed by atoms with Gasteiger partial charge in [-0.15, -0.1) is 0 Å². The van der Waals surface area contributed by atoms with E-state index in [1.807, 2.05) is 0 Å². The minimum absolute atomic E-state index is 0.211. The second kappa shape index (κ2) is 8.66. The average Bonchev–Trinajstić information content (AvgIpc) is 3.18. The van der Waals surface area contributed by atoms with Crippen LogP contribution in [-0.4, -0.2) is 56.6 Å². The van der Waals surface area contributed by atoms with E-state index in [0.29, 0.717) is 16.5 Å². The van der Waals surface area contributed by atoms with Gasteiger partial charge in [-0.05, 0) is 53.2 Å². The second-order valence-corrected chi connectivity index (χ2v) is 10.3. The first-order valence-corrected chi connectivity index (χ1v) is 10.9. The van der Waals surface area contributed by atoms with Crippen molar-refractivity contribution in [1.82, 2.24) is 9.88 Å². The Morgan fingerprint density at radius 1 is 1.12 bits per heavy atom. The standard InChI is InChI=1S/C24H30N2O8/c1-22(2,3)33-20(30)25-16-12-24(19(28)29,32-18(16)27)11-14-13-26(21(31)34-23(4,5)6)17-10-8-7-9-15(14)17/h7-10,13,16H,11-12H2,1-6H3,(H,25,30)(H,28,29)/t16-,24-/m0/s1. The van der Waals surface area contributed by atoms with Crippen LogP contribution in [0.25, 0.3) is 10.9 Å². The molecule has 0 aliphatic carbocycles. The number of ether oxygens (including phenoxy) is 3. The van der Waals surface area contributed by atoms with Gasteiger partial charge in [0.2, 0.25) is 5.60 Å². The van der Waals surface area contributed by atoms with E-state index in [4.69, 9.17) is 14.2 Å². The number of cyclic esters (lactones) is 1. The number of rotatable bonds is 4. The Balaban J connectivity index is 1.91. The Labute approximate surface area is 197 Å². The number of fused-ring (bicyclic) bond motifs is 1. The number of hydrogen-bond donors (Lipinski definition) is 2. The van der Waals surface area contributed by atoms with Crippen LogP contribution in [0.5, 0.6) is 0 Å². The summed E-state index contributed by atoms with van der Waals surface area (Å²) in [6.45, 7) is 10.2. The number of benzene rings is 1. The Morgan fingerprint density at radius 2 is 1.74 bits per heavy atom. The first kappa shape index (κ1) is 25.1. The van der Waals surface area contributed by atoms with Crippen LogP contribution in [0.15, 0.2) is 30.5 Å². The highest BCUT2D eigenvalue weighted by atomic mass is 16.6. The molecule has 2 N–H and O–H groups in total. The number of alkyl carbamates (subject to hydrolysis) is 1. The summed E-state index contributed by atoms with van der Waals surface area (Å²) in [5.74, 6) is -2.23. The number of amides is 1. The summed E-state index contributed by atoms with van der Waals surface area (Å²) in [5, 5.41) is 13.0. The van der Waals surface area contributed by atoms with Crippen molar-refractivity contribution in [3.63, 3.8) is 0 Å². The van der Waals surface area contributed by atoms with Crippen molar-refractivity contribution in [2.24, 2.45) is 0 Å². The number of carbonyl (C=O) groups excluding carboxylic acids is 3. The SMILES string of the molecule is CC(C)(C)OC(=O)N[C@H]1C[C@@](Cc2cn(C(=O)OC(C)(C)C)c3ccccc23)(C(=O)O)OC1=O. The molecule has 2 aromatic rings. The van der Waals surface area contributed by atoms with Crippen LogP contribution in [0, 0.1) is 0 Å². The lowest BCUT2D eigenvalue weighted by atomic mass is 9.90. The van der Waals surface area contributed by atoms with E-state index in [2.05, 4.69) is 5.32 Å². The van der Waals surface area contributed by atoms with Gasteiger partial charge in [0.25, 0.3) is 0 Å². The van der Waals surface area contributed by atoms with Crippen molar-refractivity contribution in [3.05, 3.63) is 36.0 Å². The molecular formula is C24H30N2O8. The molecule has 0 radical (unpaired) electrons. The predicted molar refractivity (Wildman–Crippen MR) is 122 cm³/mol. The Hall–Kier alpha value is -3.56. The van der Waals surface area contributed by atoms with Gasteiger partial charge < -0.3 is 24.6 Å². The molecule has 1 aliphatic heterocycles. The van der Waals surface area contributed by atoms with Gasteiger partial charge in [0.15, 0.2) is 0 Å². The number of carboxylic acids is 1. The molecule has 0 spiro atoms. The number of nitrogens with one attached hydrogen (secondary N) is 1. The summed E-state index contributed by atoms with van der Waals surface area (Å²) in [6, 6.07) is 5.77. The molecular weight excluding hydrogens is 444 g/mol. The number of aliphatic carboxylic acids is 1. The van der Waals surface area contributed by atoms with Crippen LogP contribution < -0.4 is 5.32 Å². The third-order valence-corrected chi connectivity index (χ3v) is 5.06. The molecule has 1 amide bonds. The van der Waals surface area contributed by atoms with Crippen LogP contribution in [0.3, 0.4) is 0 Å². The monoisotopic (exact) mass is 474 g/mol. The summed E-state index contributed by atoms with van der Waals surface area (Å²) in [4.78, 5) is 49.6. The fraction of sp³-hybridized carbons (Fsp3) is 0.500. The lowest BCUT2D eigenvalue weighted by Crippen LogP contribution is -2.43. The summed E-state index contributed by atoms with van der Waals surface area (Å²) in [6.07, 6.45) is -0.487. The predicted octanol–water partition coefficient (Wildman–Crippen LogP) is 3.63. The van der Waals surface area contributed by atoms with E-state index in [1.54, 1.807) is 65.8 Å². The number of carbonyl (C=O) groups is 4. The van der Waals surface area contributed by atoms with E-state index < -0.39 is 47.0 Å². The first-order chi connectivity index (χ1) is 15.6. The van der Waals surface area contributed by atoms with Crippen molar-refractivity contribution < 1.29 is 38.5 Å². The van der Waals surface area contributed by atoms with Crippen molar-refractivity contribution in [2.45, 2.75) is 77.2 Å². The fourth-order valence-electron chi connectivity index (χ4n) is 3.75. The van der Waals surface area contributed by atoms with Gasteiger partial charge in [0.05, 0.1) is 5.52 Å². The van der Waals surface area contributed by atoms with Gasteiger partial charge in [-0.25, -0.2) is 19.2 Å². The Bertz CT molecular complexity index is 1140. The van der Waals surface area contributed by atoms with Gasteiger partial charge >= 0.3 is 24.1 Å². The third kappa shape index (κ3) is 5.49. The van der Waals surface area contributed by atoms with E-state index in [-0.39, 0.29) is 12.8 Å². The minimum atomic E-state index is -1.93. The second-order valence-electron chi connectivity index (χ2n) is 10.3. The molecule has 10 nitrogen and oxygen atoms in total. The summed E-state index contributed by atoms with van der Waals surface area (Å²) < 4.78 is 17.3.